The lowest BCUT2D eigenvalue weighted by molar-refractivity contribution is 0.820. The number of benzene rings is 3. The van der Waals surface area contributed by atoms with Gasteiger partial charge in [0.2, 0.25) is 0 Å². The number of nitrogens with zero attached hydrogens (tertiary/aromatic N) is 1. The Morgan fingerprint density at radius 2 is 1.40 bits per heavy atom. The Labute approximate surface area is 148 Å². The summed E-state index contributed by atoms with van der Waals surface area (Å²) >= 11 is 0. The third-order valence-corrected chi connectivity index (χ3v) is 4.98. The highest BCUT2D eigenvalue weighted by molar-refractivity contribution is 5.93. The van der Waals surface area contributed by atoms with Gasteiger partial charge in [0.15, 0.2) is 0 Å². The van der Waals surface area contributed by atoms with Crippen molar-refractivity contribution in [2.24, 2.45) is 12.8 Å². The minimum absolute atomic E-state index is 0.169. The van der Waals surface area contributed by atoms with Crippen molar-refractivity contribution in [1.29, 1.82) is 0 Å². The van der Waals surface area contributed by atoms with E-state index >= 15 is 0 Å². The minimum atomic E-state index is 0.169. The number of hydrogen-bond acceptors (Lipinski definition) is 1. The third kappa shape index (κ3) is 2.65. The molecule has 0 fully saturated rings. The summed E-state index contributed by atoms with van der Waals surface area (Å²) in [7, 11) is 2.15. The molecule has 1 heterocycles. The molecule has 0 saturated carbocycles. The molecule has 4 aromatic rings. The summed E-state index contributed by atoms with van der Waals surface area (Å²) in [5.41, 5.74) is 12.6. The van der Waals surface area contributed by atoms with E-state index in [2.05, 4.69) is 96.5 Å². The lowest BCUT2D eigenvalue weighted by atomic mass is 9.87. The lowest BCUT2D eigenvalue weighted by Gasteiger charge is -2.18. The predicted octanol–water partition coefficient (Wildman–Crippen LogP) is 4.94. The quantitative estimate of drug-likeness (QED) is 0.566. The highest BCUT2D eigenvalue weighted by atomic mass is 15.0. The molecule has 2 N–H and O–H groups in total. The van der Waals surface area contributed by atoms with Crippen LogP contribution in [0.1, 0.15) is 17.0 Å². The van der Waals surface area contributed by atoms with E-state index in [-0.39, 0.29) is 5.92 Å². The number of aromatic nitrogens is 1. The summed E-state index contributed by atoms with van der Waals surface area (Å²) in [5.74, 6) is 0.169. The summed E-state index contributed by atoms with van der Waals surface area (Å²) < 4.78 is 2.30. The van der Waals surface area contributed by atoms with Crippen molar-refractivity contribution in [2.45, 2.75) is 5.92 Å². The van der Waals surface area contributed by atoms with Gasteiger partial charge in [0.25, 0.3) is 0 Å². The standard InChI is InChI=1S/C23H22N2/c1-25-21-15-9-8-14-19(21)22(23(25)18-12-6-3-7-13-18)20(16-24)17-10-4-2-5-11-17/h2-15,20H,16,24H2,1H3/t20-/m1/s1. The minimum Gasteiger partial charge on any atom is -0.343 e. The Balaban J connectivity index is 2.05. The number of aryl methyl sites for hydroxylation is 1. The van der Waals surface area contributed by atoms with E-state index in [9.17, 15) is 0 Å². The van der Waals surface area contributed by atoms with Gasteiger partial charge in [0.1, 0.15) is 0 Å². The van der Waals surface area contributed by atoms with Crippen LogP contribution in [0.4, 0.5) is 0 Å². The number of fused-ring (bicyclic) bond motifs is 1. The van der Waals surface area contributed by atoms with Gasteiger partial charge in [-0.2, -0.15) is 0 Å². The lowest BCUT2D eigenvalue weighted by Crippen LogP contribution is -2.14. The van der Waals surface area contributed by atoms with Gasteiger partial charge in [-0.25, -0.2) is 0 Å². The molecule has 3 aromatic carbocycles. The average Bonchev–Trinajstić information content (AvgIpc) is 2.97. The van der Waals surface area contributed by atoms with Gasteiger partial charge in [-0.05, 0) is 22.8 Å². The zero-order valence-corrected chi connectivity index (χ0v) is 14.4. The molecule has 0 aliphatic heterocycles. The molecule has 25 heavy (non-hydrogen) atoms. The van der Waals surface area contributed by atoms with Crippen LogP contribution in [0.3, 0.4) is 0 Å². The van der Waals surface area contributed by atoms with Crippen LogP contribution in [-0.2, 0) is 7.05 Å². The molecule has 1 atom stereocenters. The van der Waals surface area contributed by atoms with Crippen LogP contribution < -0.4 is 5.73 Å². The van der Waals surface area contributed by atoms with E-state index in [4.69, 9.17) is 5.73 Å². The number of nitrogens with two attached hydrogens (primary N) is 1. The molecule has 0 saturated heterocycles. The Morgan fingerprint density at radius 1 is 0.800 bits per heavy atom. The molecule has 124 valence electrons. The molecule has 0 bridgehead atoms. The molecule has 2 heteroatoms. The Morgan fingerprint density at radius 3 is 2.08 bits per heavy atom. The van der Waals surface area contributed by atoms with Crippen LogP contribution in [-0.4, -0.2) is 11.1 Å². The van der Waals surface area contributed by atoms with E-state index < -0.39 is 0 Å². The summed E-state index contributed by atoms with van der Waals surface area (Å²) in [4.78, 5) is 0. The van der Waals surface area contributed by atoms with Crippen molar-refractivity contribution < 1.29 is 0 Å². The molecule has 2 nitrogen and oxygen atoms in total. The van der Waals surface area contributed by atoms with Crippen LogP contribution in [0.2, 0.25) is 0 Å². The first-order chi connectivity index (χ1) is 12.3. The monoisotopic (exact) mass is 326 g/mol. The number of hydrogen-bond donors (Lipinski definition) is 1. The third-order valence-electron chi connectivity index (χ3n) is 4.98. The van der Waals surface area contributed by atoms with Gasteiger partial charge in [-0.3, -0.25) is 0 Å². The maximum Gasteiger partial charge on any atom is 0.0527 e. The normalized spacial score (nSPS) is 12.4. The summed E-state index contributed by atoms with van der Waals surface area (Å²) in [6.07, 6.45) is 0. The molecule has 0 spiro atoms. The molecule has 1 aromatic heterocycles. The fourth-order valence-corrected chi connectivity index (χ4v) is 3.83. The molecule has 4 rings (SSSR count). The van der Waals surface area contributed by atoms with Crippen LogP contribution in [0, 0.1) is 0 Å². The highest BCUT2D eigenvalue weighted by Gasteiger charge is 2.23. The van der Waals surface area contributed by atoms with Gasteiger partial charge in [-0.1, -0.05) is 78.9 Å². The van der Waals surface area contributed by atoms with Crippen molar-refractivity contribution in [3.05, 3.63) is 96.1 Å². The number of rotatable bonds is 4. The fourth-order valence-electron chi connectivity index (χ4n) is 3.83. The van der Waals surface area contributed by atoms with E-state index in [1.807, 2.05) is 0 Å². The summed E-state index contributed by atoms with van der Waals surface area (Å²) in [6, 6.07) is 29.8. The maximum atomic E-state index is 6.27. The number of para-hydroxylation sites is 1. The SMILES string of the molecule is Cn1c(-c2ccccc2)c([C@H](CN)c2ccccc2)c2ccccc21. The second kappa shape index (κ2) is 6.58. The zero-order chi connectivity index (χ0) is 17.2. The second-order valence-electron chi connectivity index (χ2n) is 6.40. The molecule has 0 aliphatic carbocycles. The molecule has 0 aliphatic rings. The smallest absolute Gasteiger partial charge is 0.0527 e. The first-order valence-corrected chi connectivity index (χ1v) is 8.69. The van der Waals surface area contributed by atoms with Crippen molar-refractivity contribution in [2.75, 3.05) is 6.54 Å². The van der Waals surface area contributed by atoms with Crippen molar-refractivity contribution in [3.63, 3.8) is 0 Å². The highest BCUT2D eigenvalue weighted by Crippen LogP contribution is 2.39. The van der Waals surface area contributed by atoms with Gasteiger partial charge in [-0.15, -0.1) is 0 Å². The van der Waals surface area contributed by atoms with E-state index in [0.717, 1.165) is 0 Å². The Bertz CT molecular complexity index is 985. The topological polar surface area (TPSA) is 30.9 Å². The maximum absolute atomic E-state index is 6.27. The largest absolute Gasteiger partial charge is 0.343 e. The molecule has 0 amide bonds. The van der Waals surface area contributed by atoms with Crippen molar-refractivity contribution >= 4 is 10.9 Å². The summed E-state index contributed by atoms with van der Waals surface area (Å²) in [5, 5.41) is 1.28. The van der Waals surface area contributed by atoms with Gasteiger partial charge in [0.05, 0.1) is 5.69 Å². The predicted molar refractivity (Wildman–Crippen MR) is 106 cm³/mol. The van der Waals surface area contributed by atoms with Gasteiger partial charge < -0.3 is 10.3 Å². The van der Waals surface area contributed by atoms with Crippen LogP contribution in [0.5, 0.6) is 0 Å². The van der Waals surface area contributed by atoms with Crippen LogP contribution in [0.25, 0.3) is 22.2 Å². The Hall–Kier alpha value is -2.84. The van der Waals surface area contributed by atoms with Crippen molar-refractivity contribution in [1.82, 2.24) is 4.57 Å². The first kappa shape index (κ1) is 15.7. The fraction of sp³-hybridized carbons (Fsp3) is 0.130. The molecular formula is C23H22N2. The van der Waals surface area contributed by atoms with Gasteiger partial charge >= 0.3 is 0 Å². The van der Waals surface area contributed by atoms with E-state index in [1.54, 1.807) is 0 Å². The zero-order valence-electron chi connectivity index (χ0n) is 14.4. The molecule has 0 radical (unpaired) electrons. The summed E-state index contributed by atoms with van der Waals surface area (Å²) in [6.45, 7) is 0.581. The molecule has 0 unspecified atom stereocenters. The van der Waals surface area contributed by atoms with Crippen molar-refractivity contribution in [3.8, 4) is 11.3 Å². The molecular weight excluding hydrogens is 304 g/mol. The van der Waals surface area contributed by atoms with Crippen LogP contribution >= 0.6 is 0 Å². The second-order valence-corrected chi connectivity index (χ2v) is 6.40. The van der Waals surface area contributed by atoms with Gasteiger partial charge in [0, 0.05) is 30.4 Å². The Kier molecular flexibility index (Phi) is 4.12. The van der Waals surface area contributed by atoms with Crippen LogP contribution in [0.15, 0.2) is 84.9 Å². The first-order valence-electron chi connectivity index (χ1n) is 8.69. The average molecular weight is 326 g/mol. The van der Waals surface area contributed by atoms with E-state index in [1.165, 1.54) is 33.3 Å². The van der Waals surface area contributed by atoms with E-state index in [0.29, 0.717) is 6.54 Å².